The first-order chi connectivity index (χ1) is 16.0. The Kier molecular flexibility index (Phi) is 5.88. The topological polar surface area (TPSA) is 77.6 Å². The third kappa shape index (κ3) is 4.50. The second-order valence-electron chi connectivity index (χ2n) is 7.49. The van der Waals surface area contributed by atoms with E-state index in [4.69, 9.17) is 23.2 Å². The molecule has 10 heteroatoms. The number of hydrogen-bond donors (Lipinski definition) is 1. The number of fused-ring (bicyclic) bond motifs is 1. The van der Waals surface area contributed by atoms with Crippen LogP contribution in [0.4, 0.5) is 5.69 Å². The van der Waals surface area contributed by atoms with E-state index in [0.717, 1.165) is 27.1 Å². The summed E-state index contributed by atoms with van der Waals surface area (Å²) in [6.45, 7) is 2.44. The van der Waals surface area contributed by atoms with Crippen LogP contribution in [0.3, 0.4) is 0 Å². The molecule has 0 saturated heterocycles. The van der Waals surface area contributed by atoms with E-state index >= 15 is 0 Å². The molecule has 166 valence electrons. The van der Waals surface area contributed by atoms with Gasteiger partial charge in [-0.25, -0.2) is 9.67 Å². The minimum atomic E-state index is -0.216. The lowest BCUT2D eigenvalue weighted by Gasteiger charge is -2.06. The van der Waals surface area contributed by atoms with Crippen molar-refractivity contribution in [3.05, 3.63) is 81.7 Å². The van der Waals surface area contributed by atoms with Crippen molar-refractivity contribution >= 4 is 57.2 Å². The first kappa shape index (κ1) is 21.6. The van der Waals surface area contributed by atoms with Crippen LogP contribution in [-0.2, 0) is 17.9 Å². The molecule has 1 amide bonds. The van der Waals surface area contributed by atoms with Gasteiger partial charge in [0.25, 0.3) is 0 Å². The molecular formula is C23H18Cl2N6OS. The average molecular weight is 497 g/mol. The van der Waals surface area contributed by atoms with E-state index in [0.29, 0.717) is 27.9 Å². The number of amides is 1. The van der Waals surface area contributed by atoms with E-state index in [1.807, 2.05) is 30.5 Å². The minimum Gasteiger partial charge on any atom is -0.322 e. The van der Waals surface area contributed by atoms with Crippen LogP contribution in [0, 0.1) is 6.92 Å². The molecule has 5 aromatic rings. The number of thiophene rings is 1. The summed E-state index contributed by atoms with van der Waals surface area (Å²) < 4.78 is 3.34. The molecule has 0 aliphatic carbocycles. The number of anilines is 1. The Morgan fingerprint density at radius 1 is 1.21 bits per heavy atom. The zero-order valence-corrected chi connectivity index (χ0v) is 19.8. The van der Waals surface area contributed by atoms with Crippen LogP contribution in [0.2, 0.25) is 10.0 Å². The fourth-order valence-corrected chi connectivity index (χ4v) is 4.93. The molecule has 7 nitrogen and oxygen atoms in total. The highest BCUT2D eigenvalue weighted by atomic mass is 35.5. The molecular weight excluding hydrogens is 479 g/mol. The number of nitrogens with zero attached hydrogens (tertiary/aromatic N) is 5. The molecule has 0 fully saturated rings. The van der Waals surface area contributed by atoms with Gasteiger partial charge < -0.3 is 5.32 Å². The van der Waals surface area contributed by atoms with Gasteiger partial charge in [-0.2, -0.15) is 10.2 Å². The summed E-state index contributed by atoms with van der Waals surface area (Å²) in [5.41, 5.74) is 4.06. The van der Waals surface area contributed by atoms with Crippen LogP contribution >= 0.6 is 34.5 Å². The Labute approximate surface area is 203 Å². The summed E-state index contributed by atoms with van der Waals surface area (Å²) in [5, 5.41) is 15.9. The molecule has 0 bridgehead atoms. The number of hydrogen-bond acceptors (Lipinski definition) is 5. The van der Waals surface area contributed by atoms with Crippen molar-refractivity contribution in [1.82, 2.24) is 24.5 Å². The number of aromatic nitrogens is 5. The molecule has 0 atom stereocenters. The second-order valence-corrected chi connectivity index (χ2v) is 9.28. The number of carbonyl (C=O) groups is 1. The van der Waals surface area contributed by atoms with Gasteiger partial charge in [-0.15, -0.1) is 11.3 Å². The van der Waals surface area contributed by atoms with E-state index < -0.39 is 0 Å². The van der Waals surface area contributed by atoms with Crippen LogP contribution in [0.1, 0.15) is 11.3 Å². The molecule has 33 heavy (non-hydrogen) atoms. The number of nitrogens with one attached hydrogen (secondary N) is 1. The van der Waals surface area contributed by atoms with Crippen molar-refractivity contribution in [2.24, 2.45) is 0 Å². The maximum absolute atomic E-state index is 12.7. The van der Waals surface area contributed by atoms with Gasteiger partial charge in [0.05, 0.1) is 29.5 Å². The normalized spacial score (nSPS) is 11.2. The lowest BCUT2D eigenvalue weighted by atomic mass is 10.1. The number of aryl methyl sites for hydroxylation is 1. The summed E-state index contributed by atoms with van der Waals surface area (Å²) in [6.07, 6.45) is 5.10. The van der Waals surface area contributed by atoms with Crippen molar-refractivity contribution in [3.8, 4) is 10.4 Å². The summed E-state index contributed by atoms with van der Waals surface area (Å²) in [4.78, 5) is 18.4. The van der Waals surface area contributed by atoms with Crippen molar-refractivity contribution in [2.75, 3.05) is 5.32 Å². The van der Waals surface area contributed by atoms with E-state index in [-0.39, 0.29) is 12.5 Å². The number of halogens is 2. The fraction of sp³-hybridized carbons (Fsp3) is 0.130. The number of pyridine rings is 1. The lowest BCUT2D eigenvalue weighted by molar-refractivity contribution is -0.116. The summed E-state index contributed by atoms with van der Waals surface area (Å²) in [6, 6.07) is 11.4. The third-order valence-electron chi connectivity index (χ3n) is 5.15. The number of carbonyl (C=O) groups excluding carboxylic acids is 1. The van der Waals surface area contributed by atoms with E-state index in [9.17, 15) is 4.79 Å². The predicted octanol–water partition coefficient (Wildman–Crippen LogP) is 5.66. The quantitative estimate of drug-likeness (QED) is 0.329. The Morgan fingerprint density at radius 3 is 2.88 bits per heavy atom. The van der Waals surface area contributed by atoms with Gasteiger partial charge in [0.15, 0.2) is 5.65 Å². The zero-order valence-electron chi connectivity index (χ0n) is 17.5. The standard InChI is InChI=1S/C23H18Cl2N6OS/c1-14-22-18(20-3-2-8-33-20)6-7-26-23(22)31(29-14)13-21(32)28-17-10-27-30(12-17)11-15-4-5-16(24)9-19(15)25/h2-10,12H,11,13H2,1H3,(H,28,32). The number of rotatable bonds is 6. The van der Waals surface area contributed by atoms with Crippen LogP contribution in [0.5, 0.6) is 0 Å². The maximum Gasteiger partial charge on any atom is 0.246 e. The van der Waals surface area contributed by atoms with Gasteiger partial charge >= 0.3 is 0 Å². The molecule has 1 N–H and O–H groups in total. The highest BCUT2D eigenvalue weighted by Crippen LogP contribution is 2.32. The van der Waals surface area contributed by atoms with Crippen LogP contribution in [-0.4, -0.2) is 30.5 Å². The summed E-state index contributed by atoms with van der Waals surface area (Å²) in [5.74, 6) is -0.216. The Bertz CT molecular complexity index is 1460. The van der Waals surface area contributed by atoms with Crippen molar-refractivity contribution in [1.29, 1.82) is 0 Å². The average Bonchev–Trinajstić information content (AvgIpc) is 3.52. The molecule has 1 aromatic carbocycles. The molecule has 0 unspecified atom stereocenters. The molecule has 0 aliphatic rings. The van der Waals surface area contributed by atoms with Crippen LogP contribution in [0.25, 0.3) is 21.5 Å². The van der Waals surface area contributed by atoms with Gasteiger partial charge in [0.2, 0.25) is 5.91 Å². The first-order valence-corrected chi connectivity index (χ1v) is 11.7. The van der Waals surface area contributed by atoms with Gasteiger partial charge in [-0.3, -0.25) is 9.48 Å². The van der Waals surface area contributed by atoms with Gasteiger partial charge in [-0.1, -0.05) is 35.3 Å². The van der Waals surface area contributed by atoms with Gasteiger partial charge in [-0.05, 0) is 42.1 Å². The largest absolute Gasteiger partial charge is 0.322 e. The van der Waals surface area contributed by atoms with Gasteiger partial charge in [0, 0.05) is 32.9 Å². The zero-order chi connectivity index (χ0) is 22.9. The van der Waals surface area contributed by atoms with Crippen molar-refractivity contribution < 1.29 is 4.79 Å². The Morgan fingerprint density at radius 2 is 2.09 bits per heavy atom. The highest BCUT2D eigenvalue weighted by Gasteiger charge is 2.16. The Balaban J connectivity index is 1.31. The van der Waals surface area contributed by atoms with Crippen molar-refractivity contribution in [2.45, 2.75) is 20.0 Å². The third-order valence-corrected chi connectivity index (χ3v) is 6.64. The minimum absolute atomic E-state index is 0.0411. The molecule has 4 heterocycles. The summed E-state index contributed by atoms with van der Waals surface area (Å²) >= 11 is 13.9. The Hall–Kier alpha value is -3.20. The second kappa shape index (κ2) is 8.97. The lowest BCUT2D eigenvalue weighted by Crippen LogP contribution is -2.19. The highest BCUT2D eigenvalue weighted by molar-refractivity contribution is 7.13. The maximum atomic E-state index is 12.7. The van der Waals surface area contributed by atoms with E-state index in [1.54, 1.807) is 51.4 Å². The molecule has 0 aliphatic heterocycles. The van der Waals surface area contributed by atoms with Crippen LogP contribution < -0.4 is 5.32 Å². The molecule has 4 aromatic heterocycles. The summed E-state index contributed by atoms with van der Waals surface area (Å²) in [7, 11) is 0. The van der Waals surface area contributed by atoms with E-state index in [1.165, 1.54) is 0 Å². The molecule has 0 radical (unpaired) electrons. The molecule has 0 spiro atoms. The van der Waals surface area contributed by atoms with Gasteiger partial charge in [0.1, 0.15) is 6.54 Å². The smallest absolute Gasteiger partial charge is 0.246 e. The fourth-order valence-electron chi connectivity index (χ4n) is 3.70. The number of benzene rings is 1. The SMILES string of the molecule is Cc1nn(CC(=O)Nc2cnn(Cc3ccc(Cl)cc3Cl)c2)c2nccc(-c3cccs3)c12. The van der Waals surface area contributed by atoms with E-state index in [2.05, 4.69) is 26.6 Å². The predicted molar refractivity (Wildman–Crippen MR) is 132 cm³/mol. The molecule has 5 rings (SSSR count). The monoisotopic (exact) mass is 496 g/mol. The van der Waals surface area contributed by atoms with Crippen molar-refractivity contribution in [3.63, 3.8) is 0 Å². The van der Waals surface area contributed by atoms with Crippen LogP contribution in [0.15, 0.2) is 60.4 Å². The molecule has 0 saturated carbocycles. The first-order valence-electron chi connectivity index (χ1n) is 10.1.